The topological polar surface area (TPSA) is 28.4 Å². The number of aliphatic hydroxyl groups excluding tert-OH is 1. The Labute approximate surface area is 102 Å². The number of hydrogen-bond donors (Lipinski definition) is 1. The zero-order valence-electron chi connectivity index (χ0n) is 9.92. The van der Waals surface area contributed by atoms with Crippen molar-refractivity contribution in [1.82, 2.24) is 9.47 Å². The Kier molecular flexibility index (Phi) is 2.92. The first-order valence-corrected chi connectivity index (χ1v) is 6.34. The fourth-order valence-electron chi connectivity index (χ4n) is 3.22. The number of aromatic nitrogens is 1. The van der Waals surface area contributed by atoms with Gasteiger partial charge < -0.3 is 9.67 Å². The second-order valence-corrected chi connectivity index (χ2v) is 4.97. The van der Waals surface area contributed by atoms with Crippen molar-refractivity contribution < 1.29 is 5.11 Å². The van der Waals surface area contributed by atoms with Crippen LogP contribution >= 0.6 is 0 Å². The Balaban J connectivity index is 1.75. The highest BCUT2D eigenvalue weighted by atomic mass is 16.2. The van der Waals surface area contributed by atoms with Crippen LogP contribution in [0.5, 0.6) is 0 Å². The molecule has 3 aliphatic rings. The zero-order valence-corrected chi connectivity index (χ0v) is 9.92. The average Bonchev–Trinajstić information content (AvgIpc) is 2.90. The first kappa shape index (κ1) is 10.9. The predicted octanol–water partition coefficient (Wildman–Crippen LogP) is 1.12. The summed E-state index contributed by atoms with van der Waals surface area (Å²) in [5.74, 6) is 6.74. The second kappa shape index (κ2) is 4.56. The van der Waals surface area contributed by atoms with E-state index in [1.54, 1.807) is 0 Å². The van der Waals surface area contributed by atoms with Gasteiger partial charge in [-0.15, -0.1) is 0 Å². The van der Waals surface area contributed by atoms with Crippen molar-refractivity contribution in [3.63, 3.8) is 0 Å². The van der Waals surface area contributed by atoms with Crippen molar-refractivity contribution >= 4 is 0 Å². The third-order valence-corrected chi connectivity index (χ3v) is 4.08. The lowest BCUT2D eigenvalue weighted by Gasteiger charge is -2.48. The van der Waals surface area contributed by atoms with E-state index < -0.39 is 0 Å². The van der Waals surface area contributed by atoms with Crippen molar-refractivity contribution in [2.24, 2.45) is 5.92 Å². The summed E-state index contributed by atoms with van der Waals surface area (Å²) < 4.78 is 2.34. The molecule has 1 aromatic rings. The molecule has 1 N–H and O–H groups in total. The standard InChI is InChI=1S/C14H18N2O/c17-9-3-4-13-10-12-5-8-16(13)11-14(12)15-6-1-2-7-15/h1-2,6-7,12-14,17H,5,8-11H2/t12?,13?,14-/m0/s1. The molecule has 1 aromatic heterocycles. The van der Waals surface area contributed by atoms with E-state index in [1.807, 2.05) is 0 Å². The largest absolute Gasteiger partial charge is 0.384 e. The molecule has 3 aliphatic heterocycles. The van der Waals surface area contributed by atoms with Crippen LogP contribution in [0.25, 0.3) is 0 Å². The van der Waals surface area contributed by atoms with Crippen LogP contribution in [0.1, 0.15) is 18.9 Å². The zero-order chi connectivity index (χ0) is 11.7. The fraction of sp³-hybridized carbons (Fsp3) is 0.571. The van der Waals surface area contributed by atoms with Crippen molar-refractivity contribution in [2.75, 3.05) is 19.7 Å². The maximum atomic E-state index is 8.77. The molecule has 3 nitrogen and oxygen atoms in total. The Morgan fingerprint density at radius 1 is 1.29 bits per heavy atom. The second-order valence-electron chi connectivity index (χ2n) is 4.97. The minimum atomic E-state index is -0.0178. The lowest BCUT2D eigenvalue weighted by molar-refractivity contribution is 0.0302. The molecule has 0 aromatic carbocycles. The average molecular weight is 230 g/mol. The summed E-state index contributed by atoms with van der Waals surface area (Å²) in [6.45, 7) is 2.24. The Bertz CT molecular complexity index is 429. The molecule has 0 spiro atoms. The van der Waals surface area contributed by atoms with Gasteiger partial charge in [-0.2, -0.15) is 0 Å². The van der Waals surface area contributed by atoms with Crippen LogP contribution in [-0.2, 0) is 0 Å². The molecule has 0 aliphatic carbocycles. The van der Waals surface area contributed by atoms with Crippen molar-refractivity contribution in [3.8, 4) is 11.8 Å². The molecule has 0 amide bonds. The van der Waals surface area contributed by atoms with Gasteiger partial charge in [0.1, 0.15) is 6.61 Å². The molecule has 3 saturated heterocycles. The van der Waals surface area contributed by atoms with E-state index in [-0.39, 0.29) is 6.61 Å². The number of aliphatic hydroxyl groups is 1. The maximum Gasteiger partial charge on any atom is 0.104 e. The van der Waals surface area contributed by atoms with E-state index in [0.717, 1.165) is 25.4 Å². The minimum absolute atomic E-state index is 0.0178. The van der Waals surface area contributed by atoms with Crippen LogP contribution in [-0.4, -0.2) is 40.3 Å². The molecular weight excluding hydrogens is 212 g/mol. The number of fused-ring (bicyclic) bond motifs is 3. The number of hydrogen-bond acceptors (Lipinski definition) is 2. The van der Waals surface area contributed by atoms with Crippen molar-refractivity contribution in [1.29, 1.82) is 0 Å². The van der Waals surface area contributed by atoms with E-state index in [4.69, 9.17) is 5.11 Å². The maximum absolute atomic E-state index is 8.77. The summed E-state index contributed by atoms with van der Waals surface area (Å²) in [4.78, 5) is 2.47. The highest BCUT2D eigenvalue weighted by Gasteiger charge is 2.39. The summed E-state index contributed by atoms with van der Waals surface area (Å²) in [5, 5.41) is 8.77. The molecular formula is C14H18N2O. The molecule has 4 atom stereocenters. The number of nitrogens with zero attached hydrogens (tertiary/aromatic N) is 2. The van der Waals surface area contributed by atoms with Gasteiger partial charge in [-0.05, 0) is 37.4 Å². The van der Waals surface area contributed by atoms with E-state index in [9.17, 15) is 0 Å². The van der Waals surface area contributed by atoms with Gasteiger partial charge in [-0.25, -0.2) is 0 Å². The van der Waals surface area contributed by atoms with Crippen LogP contribution in [0.15, 0.2) is 24.5 Å². The third kappa shape index (κ3) is 1.99. The summed E-state index contributed by atoms with van der Waals surface area (Å²) in [6, 6.07) is 5.18. The molecule has 0 saturated carbocycles. The molecule has 4 rings (SSSR count). The summed E-state index contributed by atoms with van der Waals surface area (Å²) in [5.41, 5.74) is 0. The molecule has 2 bridgehead atoms. The predicted molar refractivity (Wildman–Crippen MR) is 66.4 cm³/mol. The molecule has 3 fully saturated rings. The van der Waals surface area contributed by atoms with Crippen LogP contribution in [0.3, 0.4) is 0 Å². The normalized spacial score (nSPS) is 35.4. The minimum Gasteiger partial charge on any atom is -0.384 e. The van der Waals surface area contributed by atoms with Gasteiger partial charge in [-0.1, -0.05) is 11.8 Å². The smallest absolute Gasteiger partial charge is 0.104 e. The van der Waals surface area contributed by atoms with E-state index in [0.29, 0.717) is 12.1 Å². The molecule has 17 heavy (non-hydrogen) atoms. The Morgan fingerprint density at radius 3 is 2.76 bits per heavy atom. The highest BCUT2D eigenvalue weighted by Crippen LogP contribution is 2.38. The molecule has 3 heteroatoms. The molecule has 4 heterocycles. The lowest BCUT2D eigenvalue weighted by atomic mass is 9.79. The van der Waals surface area contributed by atoms with Gasteiger partial charge >= 0.3 is 0 Å². The number of piperidine rings is 3. The SMILES string of the molecule is OCC#CC1CC2CCN1C[C@@H]2n1cccc1. The number of rotatable bonds is 1. The fourth-order valence-corrected chi connectivity index (χ4v) is 3.22. The Morgan fingerprint density at radius 2 is 2.12 bits per heavy atom. The molecule has 90 valence electrons. The van der Waals surface area contributed by atoms with E-state index >= 15 is 0 Å². The van der Waals surface area contributed by atoms with Gasteiger partial charge in [0.15, 0.2) is 0 Å². The van der Waals surface area contributed by atoms with Crippen LogP contribution in [0.2, 0.25) is 0 Å². The first-order chi connectivity index (χ1) is 8.38. The summed E-state index contributed by atoms with van der Waals surface area (Å²) in [6.07, 6.45) is 6.76. The first-order valence-electron chi connectivity index (χ1n) is 6.34. The van der Waals surface area contributed by atoms with E-state index in [1.165, 1.54) is 6.42 Å². The third-order valence-electron chi connectivity index (χ3n) is 4.08. The van der Waals surface area contributed by atoms with E-state index in [2.05, 4.69) is 45.8 Å². The lowest BCUT2D eigenvalue weighted by Crippen LogP contribution is -2.53. The Hall–Kier alpha value is -1.24. The molecule has 0 radical (unpaired) electrons. The quantitative estimate of drug-likeness (QED) is 0.732. The summed E-state index contributed by atoms with van der Waals surface area (Å²) >= 11 is 0. The highest BCUT2D eigenvalue weighted by molar-refractivity contribution is 5.13. The van der Waals surface area contributed by atoms with Crippen LogP contribution in [0, 0.1) is 17.8 Å². The van der Waals surface area contributed by atoms with Crippen molar-refractivity contribution in [3.05, 3.63) is 24.5 Å². The van der Waals surface area contributed by atoms with Crippen LogP contribution in [0.4, 0.5) is 0 Å². The van der Waals surface area contributed by atoms with Crippen LogP contribution < -0.4 is 0 Å². The van der Waals surface area contributed by atoms with Gasteiger partial charge in [0.25, 0.3) is 0 Å². The van der Waals surface area contributed by atoms with Gasteiger partial charge in [0, 0.05) is 25.0 Å². The van der Waals surface area contributed by atoms with Gasteiger partial charge in [0.2, 0.25) is 0 Å². The monoisotopic (exact) mass is 230 g/mol. The van der Waals surface area contributed by atoms with Gasteiger partial charge in [0.05, 0.1) is 6.04 Å². The van der Waals surface area contributed by atoms with Crippen molar-refractivity contribution in [2.45, 2.75) is 24.9 Å². The molecule has 3 unspecified atom stereocenters. The summed E-state index contributed by atoms with van der Waals surface area (Å²) in [7, 11) is 0. The van der Waals surface area contributed by atoms with Gasteiger partial charge in [-0.3, -0.25) is 4.90 Å².